The van der Waals surface area contributed by atoms with Crippen molar-refractivity contribution in [1.29, 1.82) is 0 Å². The quantitative estimate of drug-likeness (QED) is 0.366. The molecule has 0 aliphatic rings. The van der Waals surface area contributed by atoms with Gasteiger partial charge in [0.25, 0.3) is 0 Å². The van der Waals surface area contributed by atoms with Crippen LogP contribution in [0.25, 0.3) is 0 Å². The minimum absolute atomic E-state index is 0.113. The van der Waals surface area contributed by atoms with E-state index in [1.165, 1.54) is 18.7 Å². The van der Waals surface area contributed by atoms with Gasteiger partial charge in [-0.05, 0) is 0 Å². The van der Waals surface area contributed by atoms with Crippen molar-refractivity contribution in [3.8, 4) is 0 Å². The van der Waals surface area contributed by atoms with Gasteiger partial charge < -0.3 is 16.2 Å². The Labute approximate surface area is 74.7 Å². The van der Waals surface area contributed by atoms with E-state index in [2.05, 4.69) is 11.1 Å². The molecule has 70 valence electrons. The van der Waals surface area contributed by atoms with Gasteiger partial charge in [0.05, 0.1) is 11.6 Å². The molecule has 0 spiro atoms. The van der Waals surface area contributed by atoms with Crippen molar-refractivity contribution in [2.75, 3.05) is 11.6 Å². The molecule has 5 nitrogen and oxygen atoms in total. The molecule has 12 heavy (non-hydrogen) atoms. The van der Waals surface area contributed by atoms with Crippen molar-refractivity contribution >= 4 is 23.6 Å². The average molecular weight is 193 g/mol. The Balaban J connectivity index is 3.31. The molecule has 0 heterocycles. The first-order chi connectivity index (χ1) is 5.54. The van der Waals surface area contributed by atoms with Gasteiger partial charge in [-0.15, -0.1) is 11.8 Å². The fourth-order valence-corrected chi connectivity index (χ4v) is 1.28. The van der Waals surface area contributed by atoms with Crippen LogP contribution in [0.5, 0.6) is 0 Å². The van der Waals surface area contributed by atoms with Crippen molar-refractivity contribution in [3.05, 3.63) is 0 Å². The Kier molecular flexibility index (Phi) is 5.48. The zero-order valence-corrected chi connectivity index (χ0v) is 7.69. The van der Waals surface area contributed by atoms with Crippen LogP contribution in [0.15, 0.2) is 0 Å². The molecule has 0 rings (SSSR count). The van der Waals surface area contributed by atoms with E-state index in [9.17, 15) is 9.59 Å². The standard InChI is InChI=1S/C6H12N2O3S/c1-4(9)8-3-12-2-5(7)6(10)11/h5H,2-3,7H2,1H3,(H,8,9)(H,10,11)/p+1. The number of carboxylic acids is 1. The minimum atomic E-state index is -0.912. The summed E-state index contributed by atoms with van der Waals surface area (Å²) in [6, 6.07) is -0.608. The summed E-state index contributed by atoms with van der Waals surface area (Å²) in [7, 11) is 0. The highest BCUT2D eigenvalue weighted by molar-refractivity contribution is 7.99. The highest BCUT2D eigenvalue weighted by atomic mass is 32.2. The molecule has 1 unspecified atom stereocenters. The lowest BCUT2D eigenvalue weighted by Gasteiger charge is -2.03. The average Bonchev–Trinajstić information content (AvgIpc) is 1.97. The molecule has 0 aliphatic heterocycles. The number of hydrogen-bond acceptors (Lipinski definition) is 3. The smallest absolute Gasteiger partial charge is 0.363 e. The predicted molar refractivity (Wildman–Crippen MR) is 45.5 cm³/mol. The SMILES string of the molecule is CC(=O)NCSCC([NH3+])C(=O)O. The third kappa shape index (κ3) is 5.99. The molecule has 0 aromatic heterocycles. The Bertz CT molecular complexity index is 174. The number of nitrogens with one attached hydrogen (secondary N) is 1. The number of quaternary nitrogens is 1. The maximum absolute atomic E-state index is 10.4. The first-order valence-electron chi connectivity index (χ1n) is 3.42. The maximum atomic E-state index is 10.4. The third-order valence-electron chi connectivity index (χ3n) is 1.09. The van der Waals surface area contributed by atoms with Crippen LogP contribution in [0.2, 0.25) is 0 Å². The van der Waals surface area contributed by atoms with Crippen molar-refractivity contribution in [2.24, 2.45) is 0 Å². The van der Waals surface area contributed by atoms with Crippen LogP contribution in [0.4, 0.5) is 0 Å². The maximum Gasteiger partial charge on any atom is 0.363 e. The fraction of sp³-hybridized carbons (Fsp3) is 0.667. The number of thioether (sulfide) groups is 1. The van der Waals surface area contributed by atoms with Crippen molar-refractivity contribution in [2.45, 2.75) is 13.0 Å². The lowest BCUT2D eigenvalue weighted by Crippen LogP contribution is -2.66. The van der Waals surface area contributed by atoms with E-state index in [-0.39, 0.29) is 5.91 Å². The predicted octanol–water partition coefficient (Wildman–Crippen LogP) is -1.49. The summed E-state index contributed by atoms with van der Waals surface area (Å²) in [6.07, 6.45) is 0. The largest absolute Gasteiger partial charge is 0.477 e. The molecule has 0 aliphatic carbocycles. The Morgan fingerprint density at radius 1 is 1.67 bits per heavy atom. The van der Waals surface area contributed by atoms with Gasteiger partial charge in [-0.25, -0.2) is 4.79 Å². The number of hydrogen-bond donors (Lipinski definition) is 3. The lowest BCUT2D eigenvalue weighted by molar-refractivity contribution is -0.400. The molecule has 0 saturated carbocycles. The van der Waals surface area contributed by atoms with Crippen LogP contribution in [0.1, 0.15) is 6.92 Å². The molecule has 5 N–H and O–H groups in total. The highest BCUT2D eigenvalue weighted by Crippen LogP contribution is 1.97. The van der Waals surface area contributed by atoms with Crippen LogP contribution in [-0.4, -0.2) is 34.7 Å². The normalized spacial score (nSPS) is 12.2. The fourth-order valence-electron chi connectivity index (χ4n) is 0.425. The Hall–Kier alpha value is -0.750. The summed E-state index contributed by atoms with van der Waals surface area (Å²) < 4.78 is 0. The number of carbonyl (C=O) groups excluding carboxylic acids is 1. The van der Waals surface area contributed by atoms with E-state index in [0.717, 1.165) is 0 Å². The van der Waals surface area contributed by atoms with Gasteiger partial charge in [0.15, 0.2) is 6.04 Å². The van der Waals surface area contributed by atoms with Crippen molar-refractivity contribution in [3.63, 3.8) is 0 Å². The van der Waals surface area contributed by atoms with Gasteiger partial charge in [0.2, 0.25) is 5.91 Å². The van der Waals surface area contributed by atoms with E-state index >= 15 is 0 Å². The minimum Gasteiger partial charge on any atom is -0.477 e. The van der Waals surface area contributed by atoms with Gasteiger partial charge in [-0.2, -0.15) is 0 Å². The number of carbonyl (C=O) groups is 2. The first kappa shape index (κ1) is 11.2. The molecule has 0 bridgehead atoms. The molecule has 1 atom stereocenters. The lowest BCUT2D eigenvalue weighted by atomic mass is 10.4. The summed E-state index contributed by atoms with van der Waals surface area (Å²) in [5, 5.41) is 11.0. The molecule has 0 aromatic rings. The molecule has 0 aromatic carbocycles. The van der Waals surface area contributed by atoms with Gasteiger partial charge in [0.1, 0.15) is 0 Å². The number of rotatable bonds is 5. The second-order valence-corrected chi connectivity index (χ2v) is 3.31. The molecule has 0 radical (unpaired) electrons. The van der Waals surface area contributed by atoms with Gasteiger partial charge in [-0.1, -0.05) is 0 Å². The van der Waals surface area contributed by atoms with Crippen LogP contribution in [-0.2, 0) is 9.59 Å². The Morgan fingerprint density at radius 3 is 2.67 bits per heavy atom. The second-order valence-electron chi connectivity index (χ2n) is 2.28. The first-order valence-corrected chi connectivity index (χ1v) is 4.57. The monoisotopic (exact) mass is 193 g/mol. The van der Waals surface area contributed by atoms with Gasteiger partial charge in [-0.3, -0.25) is 4.79 Å². The summed E-state index contributed by atoms with van der Waals surface area (Å²) in [6.45, 7) is 1.42. The van der Waals surface area contributed by atoms with Crippen LogP contribution in [0, 0.1) is 0 Å². The second kappa shape index (κ2) is 5.84. The molecule has 1 amide bonds. The van der Waals surface area contributed by atoms with E-state index in [1.807, 2.05) is 0 Å². The van der Waals surface area contributed by atoms with Crippen molar-refractivity contribution < 1.29 is 20.4 Å². The highest BCUT2D eigenvalue weighted by Gasteiger charge is 2.14. The molecule has 0 saturated heterocycles. The topological polar surface area (TPSA) is 94.0 Å². The summed E-state index contributed by atoms with van der Waals surface area (Å²) >= 11 is 1.34. The number of aliphatic carboxylic acids is 1. The van der Waals surface area contributed by atoms with Crippen LogP contribution < -0.4 is 11.1 Å². The van der Waals surface area contributed by atoms with Crippen LogP contribution >= 0.6 is 11.8 Å². The summed E-state index contributed by atoms with van der Waals surface area (Å²) in [5.41, 5.74) is 3.42. The van der Waals surface area contributed by atoms with Gasteiger partial charge in [0, 0.05) is 6.92 Å². The zero-order chi connectivity index (χ0) is 9.56. The van der Waals surface area contributed by atoms with Crippen LogP contribution in [0.3, 0.4) is 0 Å². The van der Waals surface area contributed by atoms with Crippen molar-refractivity contribution in [1.82, 2.24) is 5.32 Å². The molecule has 6 heteroatoms. The van der Waals surface area contributed by atoms with E-state index in [0.29, 0.717) is 11.6 Å². The van der Waals surface area contributed by atoms with E-state index in [4.69, 9.17) is 5.11 Å². The van der Waals surface area contributed by atoms with E-state index in [1.54, 1.807) is 0 Å². The molecular weight excluding hydrogens is 180 g/mol. The summed E-state index contributed by atoms with van der Waals surface area (Å²) in [5.74, 6) is -0.173. The van der Waals surface area contributed by atoms with E-state index < -0.39 is 12.0 Å². The third-order valence-corrected chi connectivity index (χ3v) is 2.08. The van der Waals surface area contributed by atoms with Gasteiger partial charge >= 0.3 is 5.97 Å². The molecular formula is C6H13N2O3S+. The number of carboxylic acid groups (broad SMARTS) is 1. The zero-order valence-electron chi connectivity index (χ0n) is 6.87. The molecule has 0 fully saturated rings. The Morgan fingerprint density at radius 2 is 2.25 bits per heavy atom. The number of amides is 1. The summed E-state index contributed by atoms with van der Waals surface area (Å²) in [4.78, 5) is 20.6.